The van der Waals surface area contributed by atoms with Crippen LogP contribution in [0.4, 0.5) is 0 Å². The van der Waals surface area contributed by atoms with Crippen LogP contribution in [0.2, 0.25) is 0 Å². The zero-order chi connectivity index (χ0) is 17.9. The molecule has 2 heterocycles. The monoisotopic (exact) mass is 343 g/mol. The average molecular weight is 343 g/mol. The van der Waals surface area contributed by atoms with Gasteiger partial charge >= 0.3 is 5.97 Å². The minimum Gasteiger partial charge on any atom is -0.402 e. The van der Waals surface area contributed by atoms with Gasteiger partial charge in [0.25, 0.3) is 0 Å². The molecular formula is C21H17N3O2. The van der Waals surface area contributed by atoms with Crippen molar-refractivity contribution in [2.75, 3.05) is 0 Å². The predicted molar refractivity (Wildman–Crippen MR) is 99.6 cm³/mol. The minimum atomic E-state index is -0.448. The Kier molecular flexibility index (Phi) is 4.19. The molecule has 26 heavy (non-hydrogen) atoms. The Morgan fingerprint density at radius 1 is 1.08 bits per heavy atom. The molecule has 0 aliphatic carbocycles. The van der Waals surface area contributed by atoms with Crippen molar-refractivity contribution in [2.45, 2.75) is 13.5 Å². The van der Waals surface area contributed by atoms with Crippen LogP contribution >= 0.6 is 0 Å². The van der Waals surface area contributed by atoms with Crippen molar-refractivity contribution < 1.29 is 9.53 Å². The van der Waals surface area contributed by atoms with Crippen molar-refractivity contribution >= 4 is 17.9 Å². The first-order valence-electron chi connectivity index (χ1n) is 8.33. The number of carbonyl (C=O) groups is 1. The van der Waals surface area contributed by atoms with Gasteiger partial charge in [0.15, 0.2) is 5.70 Å². The van der Waals surface area contributed by atoms with E-state index in [4.69, 9.17) is 4.74 Å². The van der Waals surface area contributed by atoms with Crippen LogP contribution in [-0.2, 0) is 16.1 Å². The van der Waals surface area contributed by atoms with Gasteiger partial charge in [-0.2, -0.15) is 5.10 Å². The van der Waals surface area contributed by atoms with Crippen LogP contribution in [0.1, 0.15) is 22.3 Å². The van der Waals surface area contributed by atoms with Gasteiger partial charge in [0.05, 0.1) is 12.7 Å². The summed E-state index contributed by atoms with van der Waals surface area (Å²) in [5.74, 6) is -0.116. The number of aliphatic imine (C=N–C) groups is 1. The van der Waals surface area contributed by atoms with Crippen LogP contribution in [0.3, 0.4) is 0 Å². The van der Waals surface area contributed by atoms with E-state index in [1.807, 2.05) is 72.4 Å². The number of rotatable bonds is 4. The molecule has 2 aromatic carbocycles. The number of carbonyl (C=O) groups excluding carboxylic acids is 1. The summed E-state index contributed by atoms with van der Waals surface area (Å²) in [7, 11) is 0. The molecule has 1 aliphatic heterocycles. The van der Waals surface area contributed by atoms with E-state index in [-0.39, 0.29) is 5.70 Å². The van der Waals surface area contributed by atoms with Gasteiger partial charge in [-0.25, -0.2) is 9.79 Å². The third-order valence-corrected chi connectivity index (χ3v) is 4.06. The molecule has 4 rings (SSSR count). The average Bonchev–Trinajstić information content (AvgIpc) is 3.24. The molecule has 3 aromatic rings. The first-order chi connectivity index (χ1) is 12.7. The summed E-state index contributed by atoms with van der Waals surface area (Å²) in [4.78, 5) is 16.4. The van der Waals surface area contributed by atoms with E-state index in [2.05, 4.69) is 10.1 Å². The molecule has 5 nitrogen and oxygen atoms in total. The Bertz CT molecular complexity index is 999. The van der Waals surface area contributed by atoms with Crippen molar-refractivity contribution in [1.29, 1.82) is 0 Å². The molecule has 1 aliphatic rings. The van der Waals surface area contributed by atoms with Crippen LogP contribution < -0.4 is 0 Å². The molecule has 0 spiro atoms. The van der Waals surface area contributed by atoms with Gasteiger partial charge in [-0.1, -0.05) is 48.0 Å². The van der Waals surface area contributed by atoms with E-state index in [1.54, 1.807) is 12.3 Å². The summed E-state index contributed by atoms with van der Waals surface area (Å²) in [5, 5.41) is 4.34. The SMILES string of the molecule is Cc1ccc(C2=NC(=Cc3cnn(Cc4ccccc4)c3)C(=O)O2)cc1. The number of hydrogen-bond donors (Lipinski definition) is 0. The summed E-state index contributed by atoms with van der Waals surface area (Å²) in [6, 6.07) is 17.8. The Morgan fingerprint density at radius 3 is 2.62 bits per heavy atom. The fourth-order valence-corrected chi connectivity index (χ4v) is 2.70. The molecule has 128 valence electrons. The summed E-state index contributed by atoms with van der Waals surface area (Å²) in [6.45, 7) is 2.68. The molecule has 0 unspecified atom stereocenters. The lowest BCUT2D eigenvalue weighted by Gasteiger charge is -2.00. The molecular weight excluding hydrogens is 326 g/mol. The standard InChI is InChI=1S/C21H17N3O2/c1-15-7-9-18(10-8-15)20-23-19(21(25)26-20)11-17-12-22-24(14-17)13-16-5-3-2-4-6-16/h2-12,14H,13H2,1H3. The van der Waals surface area contributed by atoms with Crippen LogP contribution in [0, 0.1) is 6.92 Å². The number of aryl methyl sites for hydroxylation is 1. The van der Waals surface area contributed by atoms with E-state index in [0.29, 0.717) is 12.4 Å². The maximum absolute atomic E-state index is 12.1. The van der Waals surface area contributed by atoms with E-state index >= 15 is 0 Å². The molecule has 0 fully saturated rings. The summed E-state index contributed by atoms with van der Waals surface area (Å²) >= 11 is 0. The number of benzene rings is 2. The Morgan fingerprint density at radius 2 is 1.85 bits per heavy atom. The predicted octanol–water partition coefficient (Wildman–Crippen LogP) is 3.58. The van der Waals surface area contributed by atoms with Gasteiger partial charge in [-0.05, 0) is 30.7 Å². The highest BCUT2D eigenvalue weighted by Crippen LogP contribution is 2.19. The largest absolute Gasteiger partial charge is 0.402 e. The molecule has 0 saturated carbocycles. The number of esters is 1. The highest BCUT2D eigenvalue weighted by Gasteiger charge is 2.24. The lowest BCUT2D eigenvalue weighted by molar-refractivity contribution is -0.129. The molecule has 5 heteroatoms. The highest BCUT2D eigenvalue weighted by atomic mass is 16.6. The molecule has 0 atom stereocenters. The van der Waals surface area contributed by atoms with Gasteiger partial charge in [0, 0.05) is 17.3 Å². The third-order valence-electron chi connectivity index (χ3n) is 4.06. The normalized spacial score (nSPS) is 15.2. The fourth-order valence-electron chi connectivity index (χ4n) is 2.70. The molecule has 0 N–H and O–H groups in total. The van der Waals surface area contributed by atoms with Gasteiger partial charge in [-0.15, -0.1) is 0 Å². The number of aromatic nitrogens is 2. The zero-order valence-corrected chi connectivity index (χ0v) is 14.3. The van der Waals surface area contributed by atoms with E-state index in [0.717, 1.165) is 22.3 Å². The minimum absolute atomic E-state index is 0.278. The molecule has 0 saturated heterocycles. The van der Waals surface area contributed by atoms with E-state index in [9.17, 15) is 4.79 Å². The van der Waals surface area contributed by atoms with Gasteiger partial charge in [-0.3, -0.25) is 4.68 Å². The van der Waals surface area contributed by atoms with Crippen LogP contribution in [0.15, 0.2) is 77.7 Å². The first-order valence-corrected chi connectivity index (χ1v) is 8.33. The third kappa shape index (κ3) is 3.47. The van der Waals surface area contributed by atoms with Gasteiger partial charge in [0.2, 0.25) is 5.90 Å². The second-order valence-corrected chi connectivity index (χ2v) is 6.16. The number of nitrogens with zero attached hydrogens (tertiary/aromatic N) is 3. The zero-order valence-electron chi connectivity index (χ0n) is 14.3. The Labute approximate surface area is 151 Å². The van der Waals surface area contributed by atoms with Gasteiger partial charge in [0.1, 0.15) is 0 Å². The van der Waals surface area contributed by atoms with Crippen molar-refractivity contribution in [3.05, 3.63) is 94.9 Å². The number of ether oxygens (including phenoxy) is 1. The molecule has 0 bridgehead atoms. The first kappa shape index (κ1) is 16.0. The maximum Gasteiger partial charge on any atom is 0.363 e. The number of cyclic esters (lactones) is 1. The van der Waals surface area contributed by atoms with E-state index < -0.39 is 5.97 Å². The number of hydrogen-bond acceptors (Lipinski definition) is 4. The second-order valence-electron chi connectivity index (χ2n) is 6.16. The van der Waals surface area contributed by atoms with Crippen molar-refractivity contribution in [3.63, 3.8) is 0 Å². The molecule has 1 aromatic heterocycles. The maximum atomic E-state index is 12.1. The van der Waals surface area contributed by atoms with Crippen LogP contribution in [-0.4, -0.2) is 21.6 Å². The quantitative estimate of drug-likeness (QED) is 0.537. The van der Waals surface area contributed by atoms with Crippen molar-refractivity contribution in [3.8, 4) is 0 Å². The molecule has 0 amide bonds. The lowest BCUT2D eigenvalue weighted by atomic mass is 10.1. The summed E-state index contributed by atoms with van der Waals surface area (Å²) < 4.78 is 7.12. The van der Waals surface area contributed by atoms with Crippen LogP contribution in [0.5, 0.6) is 0 Å². The lowest BCUT2D eigenvalue weighted by Crippen LogP contribution is -2.05. The molecule has 0 radical (unpaired) electrons. The Hall–Kier alpha value is -3.47. The Balaban J connectivity index is 1.54. The van der Waals surface area contributed by atoms with Crippen molar-refractivity contribution in [1.82, 2.24) is 9.78 Å². The summed E-state index contributed by atoms with van der Waals surface area (Å²) in [5.41, 5.74) is 4.17. The fraction of sp³-hybridized carbons (Fsp3) is 0.0952. The van der Waals surface area contributed by atoms with E-state index in [1.165, 1.54) is 0 Å². The topological polar surface area (TPSA) is 56.5 Å². The highest BCUT2D eigenvalue weighted by molar-refractivity contribution is 6.12. The smallest absolute Gasteiger partial charge is 0.363 e. The van der Waals surface area contributed by atoms with Crippen molar-refractivity contribution in [2.24, 2.45) is 4.99 Å². The second kappa shape index (κ2) is 6.80. The van der Waals surface area contributed by atoms with Crippen LogP contribution in [0.25, 0.3) is 6.08 Å². The summed E-state index contributed by atoms with van der Waals surface area (Å²) in [6.07, 6.45) is 5.29. The van der Waals surface area contributed by atoms with Gasteiger partial charge < -0.3 is 4.74 Å².